The van der Waals surface area contributed by atoms with Gasteiger partial charge in [0.05, 0.1) is 20.3 Å². The molecule has 0 saturated carbocycles. The highest BCUT2D eigenvalue weighted by Crippen LogP contribution is 2.28. The molecule has 0 bridgehead atoms. The van der Waals surface area contributed by atoms with E-state index in [0.29, 0.717) is 6.61 Å². The predicted octanol–water partition coefficient (Wildman–Crippen LogP) is 1.13. The van der Waals surface area contributed by atoms with Crippen LogP contribution in [0.4, 0.5) is 0 Å². The quantitative estimate of drug-likeness (QED) is 0.811. The fourth-order valence-corrected chi connectivity index (χ4v) is 2.26. The molecule has 112 valence electrons. The number of rotatable bonds is 7. The smallest absolute Gasteiger partial charge is 0.161 e. The van der Waals surface area contributed by atoms with Gasteiger partial charge >= 0.3 is 0 Å². The molecule has 1 aliphatic rings. The topological polar surface area (TPSA) is 43.0 Å². The Hall–Kier alpha value is -1.30. The van der Waals surface area contributed by atoms with E-state index in [1.807, 2.05) is 25.2 Å². The molecule has 1 aliphatic heterocycles. The summed E-state index contributed by atoms with van der Waals surface area (Å²) < 4.78 is 16.6. The van der Waals surface area contributed by atoms with Gasteiger partial charge in [0.15, 0.2) is 11.5 Å². The predicted molar refractivity (Wildman–Crippen MR) is 78.5 cm³/mol. The number of ether oxygens (including phenoxy) is 3. The van der Waals surface area contributed by atoms with Crippen LogP contribution in [-0.4, -0.2) is 58.5 Å². The van der Waals surface area contributed by atoms with Crippen LogP contribution in [0.25, 0.3) is 0 Å². The zero-order valence-electron chi connectivity index (χ0n) is 12.4. The largest absolute Gasteiger partial charge is 0.493 e. The first-order valence-electron chi connectivity index (χ1n) is 7.08. The van der Waals surface area contributed by atoms with Gasteiger partial charge in [0, 0.05) is 26.2 Å². The molecule has 0 radical (unpaired) electrons. The lowest BCUT2D eigenvalue weighted by atomic mass is 10.2. The van der Waals surface area contributed by atoms with Crippen LogP contribution in [0.1, 0.15) is 5.56 Å². The zero-order valence-corrected chi connectivity index (χ0v) is 12.4. The summed E-state index contributed by atoms with van der Waals surface area (Å²) in [7, 11) is 3.60. The van der Waals surface area contributed by atoms with Crippen molar-refractivity contribution in [3.05, 3.63) is 23.8 Å². The second-order valence-electron chi connectivity index (χ2n) is 4.82. The zero-order chi connectivity index (χ0) is 14.2. The van der Waals surface area contributed by atoms with Crippen LogP contribution in [0.3, 0.4) is 0 Å². The Labute approximate surface area is 120 Å². The van der Waals surface area contributed by atoms with Gasteiger partial charge in [-0.1, -0.05) is 6.07 Å². The fraction of sp³-hybridized carbons (Fsp3) is 0.600. The lowest BCUT2D eigenvalue weighted by Crippen LogP contribution is -2.38. The summed E-state index contributed by atoms with van der Waals surface area (Å²) in [6.07, 6.45) is 0. The minimum atomic E-state index is 0.666. The van der Waals surface area contributed by atoms with Gasteiger partial charge in [-0.05, 0) is 24.7 Å². The summed E-state index contributed by atoms with van der Waals surface area (Å²) in [5.74, 6) is 1.60. The maximum absolute atomic E-state index is 5.88. The monoisotopic (exact) mass is 280 g/mol. The molecule has 1 aromatic rings. The van der Waals surface area contributed by atoms with Gasteiger partial charge < -0.3 is 19.5 Å². The fourth-order valence-electron chi connectivity index (χ4n) is 2.26. The van der Waals surface area contributed by atoms with Gasteiger partial charge in [-0.25, -0.2) is 0 Å². The first-order chi connectivity index (χ1) is 9.83. The van der Waals surface area contributed by atoms with Crippen molar-refractivity contribution >= 4 is 0 Å². The Balaban J connectivity index is 1.87. The summed E-state index contributed by atoms with van der Waals surface area (Å²) in [5.41, 5.74) is 1.19. The van der Waals surface area contributed by atoms with Gasteiger partial charge in [0.25, 0.3) is 0 Å². The molecule has 0 amide bonds. The molecule has 0 spiro atoms. The molecule has 0 atom stereocenters. The lowest BCUT2D eigenvalue weighted by molar-refractivity contribution is 0.0321. The van der Waals surface area contributed by atoms with Crippen LogP contribution < -0.4 is 14.8 Å². The highest BCUT2D eigenvalue weighted by Gasteiger charge is 2.11. The molecule has 20 heavy (non-hydrogen) atoms. The van der Waals surface area contributed by atoms with E-state index in [4.69, 9.17) is 14.2 Å². The van der Waals surface area contributed by atoms with E-state index < -0.39 is 0 Å². The summed E-state index contributed by atoms with van der Waals surface area (Å²) >= 11 is 0. The number of hydrogen-bond donors (Lipinski definition) is 1. The SMILES string of the molecule is CNCc1ccc(OC)c(OCCN2CCOCC2)c1. The third kappa shape index (κ3) is 4.37. The van der Waals surface area contributed by atoms with Gasteiger partial charge in [0.1, 0.15) is 6.61 Å². The molecule has 5 heteroatoms. The molecular formula is C15H24N2O3. The van der Waals surface area contributed by atoms with Crippen LogP contribution in [0.5, 0.6) is 11.5 Å². The molecule has 0 unspecified atom stereocenters. The third-order valence-corrected chi connectivity index (χ3v) is 3.38. The molecule has 1 saturated heterocycles. The molecule has 0 aromatic heterocycles. The van der Waals surface area contributed by atoms with Gasteiger partial charge in [-0.3, -0.25) is 4.90 Å². The summed E-state index contributed by atoms with van der Waals surface area (Å²) in [6.45, 7) is 6.02. The number of benzene rings is 1. The van der Waals surface area contributed by atoms with E-state index in [1.54, 1.807) is 7.11 Å². The highest BCUT2D eigenvalue weighted by molar-refractivity contribution is 5.42. The van der Waals surface area contributed by atoms with Crippen molar-refractivity contribution < 1.29 is 14.2 Å². The average Bonchev–Trinajstić information content (AvgIpc) is 2.49. The standard InChI is InChI=1S/C15H24N2O3/c1-16-12-13-3-4-14(18-2)15(11-13)20-10-7-17-5-8-19-9-6-17/h3-4,11,16H,5-10,12H2,1-2H3. The molecule has 1 N–H and O–H groups in total. The maximum Gasteiger partial charge on any atom is 0.161 e. The van der Waals surface area contributed by atoms with Crippen LogP contribution in [0.2, 0.25) is 0 Å². The van der Waals surface area contributed by atoms with E-state index in [-0.39, 0.29) is 0 Å². The van der Waals surface area contributed by atoms with Crippen LogP contribution in [0, 0.1) is 0 Å². The van der Waals surface area contributed by atoms with Crippen LogP contribution in [-0.2, 0) is 11.3 Å². The maximum atomic E-state index is 5.88. The summed E-state index contributed by atoms with van der Waals surface area (Å²) in [5, 5.41) is 3.14. The number of nitrogens with one attached hydrogen (secondary N) is 1. The normalized spacial score (nSPS) is 16.1. The minimum absolute atomic E-state index is 0.666. The van der Waals surface area contributed by atoms with E-state index >= 15 is 0 Å². The van der Waals surface area contributed by atoms with Crippen molar-refractivity contribution in [1.82, 2.24) is 10.2 Å². The first kappa shape index (κ1) is 15.1. The average molecular weight is 280 g/mol. The molecule has 2 rings (SSSR count). The van der Waals surface area contributed by atoms with Crippen molar-refractivity contribution in [3.8, 4) is 11.5 Å². The molecule has 0 aliphatic carbocycles. The third-order valence-electron chi connectivity index (χ3n) is 3.38. The highest BCUT2D eigenvalue weighted by atomic mass is 16.5. The van der Waals surface area contributed by atoms with Crippen LogP contribution >= 0.6 is 0 Å². The van der Waals surface area contributed by atoms with E-state index in [1.165, 1.54) is 5.56 Å². The van der Waals surface area contributed by atoms with Crippen LogP contribution in [0.15, 0.2) is 18.2 Å². The van der Waals surface area contributed by atoms with E-state index in [2.05, 4.69) is 10.2 Å². The van der Waals surface area contributed by atoms with Gasteiger partial charge in [-0.2, -0.15) is 0 Å². The van der Waals surface area contributed by atoms with Crippen molar-refractivity contribution in [2.45, 2.75) is 6.54 Å². The Morgan fingerprint density at radius 2 is 2.05 bits per heavy atom. The second kappa shape index (κ2) is 8.09. The Morgan fingerprint density at radius 3 is 2.75 bits per heavy atom. The number of methoxy groups -OCH3 is 1. The number of hydrogen-bond acceptors (Lipinski definition) is 5. The Morgan fingerprint density at radius 1 is 1.25 bits per heavy atom. The van der Waals surface area contributed by atoms with Crippen molar-refractivity contribution in [3.63, 3.8) is 0 Å². The lowest BCUT2D eigenvalue weighted by Gasteiger charge is -2.26. The number of morpholine rings is 1. The number of nitrogens with zero attached hydrogens (tertiary/aromatic N) is 1. The second-order valence-corrected chi connectivity index (χ2v) is 4.82. The minimum Gasteiger partial charge on any atom is -0.493 e. The van der Waals surface area contributed by atoms with E-state index in [9.17, 15) is 0 Å². The van der Waals surface area contributed by atoms with Gasteiger partial charge in [0.2, 0.25) is 0 Å². The first-order valence-corrected chi connectivity index (χ1v) is 7.08. The van der Waals surface area contributed by atoms with E-state index in [0.717, 1.165) is 50.9 Å². The molecule has 5 nitrogen and oxygen atoms in total. The molecule has 1 heterocycles. The Kier molecular flexibility index (Phi) is 6.11. The molecule has 1 aromatic carbocycles. The Bertz CT molecular complexity index is 406. The van der Waals surface area contributed by atoms with Gasteiger partial charge in [-0.15, -0.1) is 0 Å². The summed E-state index contributed by atoms with van der Waals surface area (Å²) in [4.78, 5) is 2.35. The molecule has 1 fully saturated rings. The molecular weight excluding hydrogens is 256 g/mol. The van der Waals surface area contributed by atoms with Crippen molar-refractivity contribution in [2.75, 3.05) is 53.6 Å². The van der Waals surface area contributed by atoms with Crippen molar-refractivity contribution in [2.24, 2.45) is 0 Å². The van der Waals surface area contributed by atoms with Crippen molar-refractivity contribution in [1.29, 1.82) is 0 Å². The summed E-state index contributed by atoms with van der Waals surface area (Å²) in [6, 6.07) is 6.04.